The average molecular weight is 1220 g/mol. The van der Waals surface area contributed by atoms with Crippen molar-refractivity contribution >= 4 is 29.5 Å². The fourth-order valence-electron chi connectivity index (χ4n) is 8.19. The van der Waals surface area contributed by atoms with Gasteiger partial charge in [-0.15, -0.1) is 0 Å². The van der Waals surface area contributed by atoms with E-state index >= 15 is 0 Å². The van der Waals surface area contributed by atoms with E-state index < -0.39 is 40.7 Å². The molecule has 87 heavy (non-hydrogen) atoms. The van der Waals surface area contributed by atoms with Gasteiger partial charge in [0.15, 0.2) is 0 Å². The Hall–Kier alpha value is -10.1. The molecule has 0 bridgehead atoms. The van der Waals surface area contributed by atoms with E-state index in [-0.39, 0.29) is 29.4 Å². The first-order chi connectivity index (χ1) is 41.5. The average Bonchev–Trinajstić information content (AvgIpc) is 2.28. The van der Waals surface area contributed by atoms with Crippen LogP contribution in [0.1, 0.15) is 38.8 Å². The lowest BCUT2D eigenvalue weighted by Crippen LogP contribution is -2.14. The first kappa shape index (κ1) is 60.0. The number of benzene rings is 10. The van der Waals surface area contributed by atoms with E-state index in [4.69, 9.17) is 28.4 Å². The first-order valence-corrected chi connectivity index (χ1v) is 31.3. The van der Waals surface area contributed by atoms with Gasteiger partial charge in [0.2, 0.25) is 29.5 Å². The van der Waals surface area contributed by atoms with Crippen LogP contribution in [-0.4, -0.2) is 46.7 Å². The van der Waals surface area contributed by atoms with Crippen LogP contribution in [0.4, 0.5) is 0 Å². The lowest BCUT2D eigenvalue weighted by Gasteiger charge is -2.11. The molecule has 0 saturated carbocycles. The van der Waals surface area contributed by atoms with Crippen molar-refractivity contribution in [2.75, 3.05) is 0 Å². The second-order valence-corrected chi connectivity index (χ2v) is 26.4. The minimum Gasteiger partial charge on any atom is -0.457 e. The van der Waals surface area contributed by atoms with E-state index in [2.05, 4.69) is 23.7 Å². The number of aliphatic hydroxyl groups is 2. The number of hydrogen-bond donors (Lipinski definition) is 2. The molecule has 436 valence electrons. The lowest BCUT2D eigenvalue weighted by atomic mass is 10.1. The fourth-order valence-corrected chi connectivity index (χ4v) is 12.0. The third-order valence-corrected chi connectivity index (χ3v) is 17.9. The molecule has 2 N–H and O–H groups in total. The summed E-state index contributed by atoms with van der Waals surface area (Å²) in [6.07, 6.45) is 0. The molecule has 0 aromatic heterocycles. The van der Waals surface area contributed by atoms with Crippen LogP contribution in [-0.2, 0) is 29.5 Å². The van der Waals surface area contributed by atoms with Gasteiger partial charge in [0, 0.05) is 17.2 Å². The van der Waals surface area contributed by atoms with Gasteiger partial charge < -0.3 is 38.6 Å². The Labute approximate surface area is 505 Å². The summed E-state index contributed by atoms with van der Waals surface area (Å²) >= 11 is 0. The van der Waals surface area contributed by atoms with Gasteiger partial charge in [-0.25, -0.2) is 25.3 Å². The van der Waals surface area contributed by atoms with Crippen molar-refractivity contribution in [1.29, 1.82) is 0 Å². The highest BCUT2D eigenvalue weighted by molar-refractivity contribution is 7.92. The molecule has 10 rings (SSSR count). The van der Waals surface area contributed by atoms with Crippen molar-refractivity contribution < 1.29 is 63.9 Å². The number of sulfone groups is 3. The largest absolute Gasteiger partial charge is 0.457 e. The van der Waals surface area contributed by atoms with Gasteiger partial charge in [-0.05, 0) is 258 Å². The van der Waals surface area contributed by atoms with E-state index in [1.165, 1.54) is 72.8 Å². The van der Waals surface area contributed by atoms with E-state index in [1.807, 2.05) is 0 Å². The molecule has 0 aliphatic carbocycles. The van der Waals surface area contributed by atoms with Gasteiger partial charge in [0.05, 0.1) is 29.4 Å². The van der Waals surface area contributed by atoms with Gasteiger partial charge in [0.25, 0.3) is 0 Å². The molecule has 0 atom stereocenters. The normalized spacial score (nSPS) is 11.7. The topological polar surface area (TPSA) is 198 Å². The molecular weight excluding hydrogens is 1160 g/mol. The highest BCUT2D eigenvalue weighted by Crippen LogP contribution is 2.35. The van der Waals surface area contributed by atoms with Crippen LogP contribution in [0, 0.1) is 23.7 Å². The monoisotopic (exact) mass is 1210 g/mol. The van der Waals surface area contributed by atoms with Crippen LogP contribution in [0.3, 0.4) is 0 Å². The summed E-state index contributed by atoms with van der Waals surface area (Å²) in [6, 6.07) is 63.8. The summed E-state index contributed by atoms with van der Waals surface area (Å²) in [6.45, 7) is 6.42. The standard InChI is InChI=1S/C70H54O14S3/c1-69(2,71)46-44-49-8-12-51(13-9-49)79-55-20-32-63(33-21-55)85(73,74)65-36-24-57(25-37-65)81-53-16-18-54(19-17-53)82-58-26-38-66(39-27-58)87(77,78)68-42-30-60(31-43-68)84-62-7-5-6-61(48-62)83-59-28-40-67(41-29-59)86(75,76)64-34-22-56(23-35-64)80-52-14-10-50(11-15-52)45-47-70(3,4)72/h5-43,48,71-72H,1-4H3. The van der Waals surface area contributed by atoms with Crippen LogP contribution < -0.4 is 28.4 Å². The van der Waals surface area contributed by atoms with Crippen molar-refractivity contribution in [2.45, 2.75) is 68.3 Å². The van der Waals surface area contributed by atoms with Gasteiger partial charge in [-0.2, -0.15) is 0 Å². The number of rotatable bonds is 18. The zero-order valence-electron chi connectivity index (χ0n) is 47.1. The molecule has 0 amide bonds. The first-order valence-electron chi connectivity index (χ1n) is 26.8. The molecule has 10 aromatic carbocycles. The summed E-state index contributed by atoms with van der Waals surface area (Å²) in [5.41, 5.74) is -0.801. The molecule has 0 heterocycles. The second kappa shape index (κ2) is 25.2. The zero-order chi connectivity index (χ0) is 61.4. The van der Waals surface area contributed by atoms with E-state index in [0.717, 1.165) is 0 Å². The van der Waals surface area contributed by atoms with E-state index in [0.29, 0.717) is 80.1 Å². The van der Waals surface area contributed by atoms with Crippen LogP contribution >= 0.6 is 0 Å². The van der Waals surface area contributed by atoms with Crippen LogP contribution in [0.5, 0.6) is 69.0 Å². The summed E-state index contributed by atoms with van der Waals surface area (Å²) in [7, 11) is -11.7. The van der Waals surface area contributed by atoms with E-state index in [1.54, 1.807) is 198 Å². The Balaban J connectivity index is 0.681. The summed E-state index contributed by atoms with van der Waals surface area (Å²) in [5.74, 6) is 16.6. The van der Waals surface area contributed by atoms with Crippen molar-refractivity contribution in [3.8, 4) is 92.7 Å². The Morgan fingerprint density at radius 2 is 0.437 bits per heavy atom. The lowest BCUT2D eigenvalue weighted by molar-refractivity contribution is 0.143. The van der Waals surface area contributed by atoms with Crippen molar-refractivity contribution in [3.63, 3.8) is 0 Å². The highest BCUT2D eigenvalue weighted by atomic mass is 32.2. The molecule has 0 saturated heterocycles. The minimum absolute atomic E-state index is 0.0469. The van der Waals surface area contributed by atoms with Crippen molar-refractivity contribution in [3.05, 3.63) is 254 Å². The molecule has 0 spiro atoms. The number of ether oxygens (including phenoxy) is 6. The zero-order valence-corrected chi connectivity index (χ0v) is 49.6. The van der Waals surface area contributed by atoms with Crippen molar-refractivity contribution in [2.24, 2.45) is 0 Å². The predicted molar refractivity (Wildman–Crippen MR) is 328 cm³/mol. The molecule has 10 aromatic rings. The summed E-state index contributed by atoms with van der Waals surface area (Å²) in [4.78, 5) is 0.414. The second-order valence-electron chi connectivity index (χ2n) is 20.6. The van der Waals surface area contributed by atoms with Gasteiger partial charge in [-0.1, -0.05) is 29.7 Å². The van der Waals surface area contributed by atoms with Gasteiger partial charge >= 0.3 is 0 Å². The van der Waals surface area contributed by atoms with Crippen LogP contribution in [0.2, 0.25) is 0 Å². The number of hydrogen-bond acceptors (Lipinski definition) is 14. The van der Waals surface area contributed by atoms with Crippen LogP contribution in [0.15, 0.2) is 272 Å². The molecular formula is C70H54O14S3. The van der Waals surface area contributed by atoms with Gasteiger partial charge in [-0.3, -0.25) is 0 Å². The molecule has 0 aliphatic heterocycles. The minimum atomic E-state index is -3.93. The van der Waals surface area contributed by atoms with Crippen molar-refractivity contribution in [1.82, 2.24) is 0 Å². The predicted octanol–water partition coefficient (Wildman–Crippen LogP) is 15.2. The molecule has 0 unspecified atom stereocenters. The smallest absolute Gasteiger partial charge is 0.206 e. The van der Waals surface area contributed by atoms with E-state index in [9.17, 15) is 35.5 Å². The van der Waals surface area contributed by atoms with Crippen LogP contribution in [0.25, 0.3) is 0 Å². The maximum absolute atomic E-state index is 13.7. The molecule has 17 heteroatoms. The third-order valence-electron chi connectivity index (χ3n) is 12.6. The maximum atomic E-state index is 13.7. The van der Waals surface area contributed by atoms with Gasteiger partial charge in [0.1, 0.15) is 80.2 Å². The maximum Gasteiger partial charge on any atom is 0.206 e. The molecule has 0 aliphatic rings. The highest BCUT2D eigenvalue weighted by Gasteiger charge is 2.22. The molecule has 14 nitrogen and oxygen atoms in total. The Bertz CT molecular complexity index is 4540. The molecule has 0 fully saturated rings. The Morgan fingerprint density at radius 3 is 0.632 bits per heavy atom. The summed E-state index contributed by atoms with van der Waals surface area (Å²) in [5, 5.41) is 19.7. The third kappa shape index (κ3) is 15.8. The summed E-state index contributed by atoms with van der Waals surface area (Å²) < 4.78 is 117. The Morgan fingerprint density at radius 1 is 0.264 bits per heavy atom. The quantitative estimate of drug-likeness (QED) is 0.0769. The SMILES string of the molecule is CC(C)(O)C#Cc1ccc(Oc2ccc(S(=O)(=O)c3ccc(Oc4ccc(Oc5ccc(S(=O)(=O)c6ccc(Oc7cccc(Oc8ccc(S(=O)(=O)c9ccc(Oc%10ccc(C#CC(C)(C)O)cc%10)cc9)cc8)c7)cc6)cc5)cc4)cc3)cc2)cc1. The Kier molecular flexibility index (Phi) is 17.4. The molecule has 0 radical (unpaired) electrons. The fraction of sp³-hybridized carbons (Fsp3) is 0.0857.